The number of nitrogens with zero attached hydrogens (tertiary/aromatic N) is 7. The van der Waals surface area contributed by atoms with Crippen molar-refractivity contribution in [3.63, 3.8) is 0 Å². The summed E-state index contributed by atoms with van der Waals surface area (Å²) in [5.74, 6) is -0.636. The maximum atomic E-state index is 13.6. The number of rotatable bonds is 6. The topological polar surface area (TPSA) is 93.8 Å². The van der Waals surface area contributed by atoms with Gasteiger partial charge in [0, 0.05) is 36.7 Å². The molecule has 0 spiro atoms. The van der Waals surface area contributed by atoms with Gasteiger partial charge in [0.25, 0.3) is 5.91 Å². The van der Waals surface area contributed by atoms with Crippen molar-refractivity contribution in [1.82, 2.24) is 34.7 Å². The number of amides is 1. The molecule has 0 atom stereocenters. The van der Waals surface area contributed by atoms with E-state index in [0.29, 0.717) is 17.1 Å². The highest BCUT2D eigenvalue weighted by atomic mass is 35.5. The Kier molecular flexibility index (Phi) is 7.07. The van der Waals surface area contributed by atoms with Gasteiger partial charge >= 0.3 is 6.18 Å². The van der Waals surface area contributed by atoms with Gasteiger partial charge in [-0.1, -0.05) is 16.8 Å². The molecule has 0 fully saturated rings. The summed E-state index contributed by atoms with van der Waals surface area (Å²) >= 11 is 6.04. The molecule has 0 saturated carbocycles. The van der Waals surface area contributed by atoms with Crippen molar-refractivity contribution in [3.8, 4) is 16.9 Å². The fourth-order valence-electron chi connectivity index (χ4n) is 3.75. The Morgan fingerprint density at radius 2 is 1.89 bits per heavy atom. The van der Waals surface area contributed by atoms with E-state index in [4.69, 9.17) is 11.6 Å². The minimum absolute atomic E-state index is 0.0317. The van der Waals surface area contributed by atoms with Crippen molar-refractivity contribution < 1.29 is 18.0 Å². The first kappa shape index (κ1) is 26.3. The third-order valence-electron chi connectivity index (χ3n) is 5.77. The van der Waals surface area contributed by atoms with Crippen molar-refractivity contribution in [1.29, 1.82) is 0 Å². The van der Waals surface area contributed by atoms with Crippen LogP contribution in [0.5, 0.6) is 0 Å². The monoisotopic (exact) mass is 532 g/mol. The molecule has 194 valence electrons. The van der Waals surface area contributed by atoms with Gasteiger partial charge in [0.2, 0.25) is 0 Å². The van der Waals surface area contributed by atoms with Crippen LogP contribution in [0.25, 0.3) is 16.9 Å². The van der Waals surface area contributed by atoms with Crippen molar-refractivity contribution >= 4 is 23.2 Å². The Labute approximate surface area is 215 Å². The van der Waals surface area contributed by atoms with Crippen LogP contribution in [0.3, 0.4) is 0 Å². The Hall–Kier alpha value is -3.77. The van der Waals surface area contributed by atoms with Gasteiger partial charge in [-0.15, -0.1) is 5.10 Å². The van der Waals surface area contributed by atoms with Gasteiger partial charge in [0.05, 0.1) is 39.9 Å². The summed E-state index contributed by atoms with van der Waals surface area (Å²) in [4.78, 5) is 19.0. The standard InChI is InChI=1S/C24H24ClF3N8O/c1-13-21(36-12-20(32-33-36)18-10-30-35(5)14(18)2)7-15(9-29-13)23(37)31-17-6-16(11-34(3)4)22(25)19(8-17)24(26,27)28/h6-10,12H,11H2,1-5H3,(H,31,37). The summed E-state index contributed by atoms with van der Waals surface area (Å²) in [7, 11) is 5.24. The Balaban J connectivity index is 1.65. The normalized spacial score (nSPS) is 11.8. The van der Waals surface area contributed by atoms with Crippen LogP contribution in [-0.2, 0) is 19.8 Å². The molecule has 0 unspecified atom stereocenters. The van der Waals surface area contributed by atoms with Gasteiger partial charge in [-0.05, 0) is 51.7 Å². The highest BCUT2D eigenvalue weighted by Gasteiger charge is 2.35. The van der Waals surface area contributed by atoms with Gasteiger partial charge < -0.3 is 10.2 Å². The molecule has 0 radical (unpaired) electrons. The van der Waals surface area contributed by atoms with E-state index in [-0.39, 0.29) is 23.4 Å². The molecule has 1 amide bonds. The lowest BCUT2D eigenvalue weighted by molar-refractivity contribution is -0.137. The zero-order valence-electron chi connectivity index (χ0n) is 20.7. The van der Waals surface area contributed by atoms with E-state index in [1.54, 1.807) is 49.1 Å². The van der Waals surface area contributed by atoms with Crippen LogP contribution < -0.4 is 5.32 Å². The van der Waals surface area contributed by atoms with E-state index in [2.05, 4.69) is 25.7 Å². The smallest absolute Gasteiger partial charge is 0.322 e. The summed E-state index contributed by atoms with van der Waals surface area (Å²) in [5, 5.41) is 14.7. The lowest BCUT2D eigenvalue weighted by Crippen LogP contribution is -2.17. The van der Waals surface area contributed by atoms with Gasteiger partial charge in [-0.3, -0.25) is 14.5 Å². The van der Waals surface area contributed by atoms with Crippen molar-refractivity contribution in [2.24, 2.45) is 7.05 Å². The number of alkyl halides is 3. The highest BCUT2D eigenvalue weighted by molar-refractivity contribution is 6.32. The molecule has 4 aromatic rings. The zero-order chi connectivity index (χ0) is 27.1. The van der Waals surface area contributed by atoms with E-state index in [0.717, 1.165) is 17.3 Å². The average molecular weight is 533 g/mol. The van der Waals surface area contributed by atoms with Crippen molar-refractivity contribution in [2.75, 3.05) is 19.4 Å². The fourth-order valence-corrected chi connectivity index (χ4v) is 4.03. The van der Waals surface area contributed by atoms with E-state index < -0.39 is 22.7 Å². The molecule has 0 saturated heterocycles. The molecule has 0 bridgehead atoms. The van der Waals surface area contributed by atoms with Gasteiger partial charge in [0.15, 0.2) is 0 Å². The van der Waals surface area contributed by atoms with Crippen LogP contribution >= 0.6 is 11.6 Å². The van der Waals surface area contributed by atoms with E-state index >= 15 is 0 Å². The molecule has 0 aliphatic heterocycles. The summed E-state index contributed by atoms with van der Waals surface area (Å²) in [6.45, 7) is 3.81. The molecule has 1 aromatic carbocycles. The van der Waals surface area contributed by atoms with E-state index in [1.165, 1.54) is 16.9 Å². The van der Waals surface area contributed by atoms with Crippen LogP contribution in [0.4, 0.5) is 18.9 Å². The maximum Gasteiger partial charge on any atom is 0.417 e. The number of carbonyl (C=O) groups is 1. The molecular formula is C24H24ClF3N8O. The first-order valence-corrected chi connectivity index (χ1v) is 11.5. The van der Waals surface area contributed by atoms with E-state index in [1.807, 2.05) is 14.0 Å². The largest absolute Gasteiger partial charge is 0.417 e. The van der Waals surface area contributed by atoms with Crippen LogP contribution in [-0.4, -0.2) is 54.7 Å². The molecule has 0 aliphatic carbocycles. The first-order valence-electron chi connectivity index (χ1n) is 11.1. The number of aromatic nitrogens is 6. The molecule has 1 N–H and O–H groups in total. The summed E-state index contributed by atoms with van der Waals surface area (Å²) in [5.41, 5.74) is 2.70. The minimum atomic E-state index is -4.69. The van der Waals surface area contributed by atoms with Gasteiger partial charge in [-0.2, -0.15) is 18.3 Å². The number of nitrogens with one attached hydrogen (secondary N) is 1. The Bertz CT molecular complexity index is 1480. The third-order valence-corrected chi connectivity index (χ3v) is 6.22. The van der Waals surface area contributed by atoms with Crippen LogP contribution in [0, 0.1) is 13.8 Å². The number of halogens is 4. The number of pyridine rings is 1. The van der Waals surface area contributed by atoms with Crippen LogP contribution in [0.1, 0.15) is 32.9 Å². The summed E-state index contributed by atoms with van der Waals surface area (Å²) in [6, 6.07) is 3.80. The summed E-state index contributed by atoms with van der Waals surface area (Å²) < 4.78 is 44.0. The highest BCUT2D eigenvalue weighted by Crippen LogP contribution is 2.39. The molecule has 3 heterocycles. The number of benzene rings is 1. The average Bonchev–Trinajstić information content (AvgIpc) is 3.42. The SMILES string of the molecule is Cc1ncc(C(=O)Nc2cc(CN(C)C)c(Cl)c(C(F)(F)F)c2)cc1-n1cc(-c2cnn(C)c2C)nn1. The Morgan fingerprint density at radius 1 is 1.16 bits per heavy atom. The molecule has 3 aromatic heterocycles. The zero-order valence-corrected chi connectivity index (χ0v) is 21.5. The lowest BCUT2D eigenvalue weighted by atomic mass is 10.1. The molecular weight excluding hydrogens is 509 g/mol. The maximum absolute atomic E-state index is 13.6. The van der Waals surface area contributed by atoms with E-state index in [9.17, 15) is 18.0 Å². The number of hydrogen-bond acceptors (Lipinski definition) is 6. The molecule has 4 rings (SSSR count). The number of carbonyl (C=O) groups excluding carboxylic acids is 1. The lowest BCUT2D eigenvalue weighted by Gasteiger charge is -2.18. The number of anilines is 1. The predicted molar refractivity (Wildman–Crippen MR) is 133 cm³/mol. The van der Waals surface area contributed by atoms with Crippen molar-refractivity contribution in [2.45, 2.75) is 26.6 Å². The molecule has 13 heteroatoms. The third kappa shape index (κ3) is 5.49. The number of hydrogen-bond donors (Lipinski definition) is 1. The second-order valence-electron chi connectivity index (χ2n) is 8.83. The summed E-state index contributed by atoms with van der Waals surface area (Å²) in [6.07, 6.45) is 0.0378. The van der Waals surface area contributed by atoms with Gasteiger partial charge in [-0.25, -0.2) is 4.68 Å². The van der Waals surface area contributed by atoms with Crippen molar-refractivity contribution in [3.05, 3.63) is 69.9 Å². The molecule has 0 aliphatic rings. The van der Waals surface area contributed by atoms with Gasteiger partial charge in [0.1, 0.15) is 5.69 Å². The number of aryl methyl sites for hydroxylation is 2. The fraction of sp³-hybridized carbons (Fsp3) is 0.292. The molecule has 37 heavy (non-hydrogen) atoms. The Morgan fingerprint density at radius 3 is 2.51 bits per heavy atom. The minimum Gasteiger partial charge on any atom is -0.322 e. The quantitative estimate of drug-likeness (QED) is 0.388. The first-order chi connectivity index (χ1) is 17.3. The van der Waals surface area contributed by atoms with Crippen LogP contribution in [0.15, 0.2) is 36.8 Å². The second-order valence-corrected chi connectivity index (χ2v) is 9.21. The molecule has 9 nitrogen and oxygen atoms in total. The van der Waals surface area contributed by atoms with Crippen LogP contribution in [0.2, 0.25) is 5.02 Å². The predicted octanol–water partition coefficient (Wildman–Crippen LogP) is 4.67. The second kappa shape index (κ2) is 9.94.